The zero-order valence-corrected chi connectivity index (χ0v) is 10.8. The molecule has 0 saturated carbocycles. The highest BCUT2D eigenvalue weighted by molar-refractivity contribution is 5.76. The van der Waals surface area contributed by atoms with E-state index >= 15 is 0 Å². The van der Waals surface area contributed by atoms with Crippen LogP contribution in [0.2, 0.25) is 0 Å². The van der Waals surface area contributed by atoms with E-state index in [0.29, 0.717) is 5.56 Å². The molecule has 5 heteroatoms. The van der Waals surface area contributed by atoms with Crippen molar-refractivity contribution in [3.63, 3.8) is 0 Å². The van der Waals surface area contributed by atoms with Gasteiger partial charge in [0.25, 0.3) is 0 Å². The minimum absolute atomic E-state index is 0.288. The van der Waals surface area contributed by atoms with Gasteiger partial charge in [-0.25, -0.2) is 4.39 Å². The van der Waals surface area contributed by atoms with Crippen LogP contribution in [0.15, 0.2) is 30.3 Å². The summed E-state index contributed by atoms with van der Waals surface area (Å²) < 4.78 is 14.9. The number of hydrogen-bond donors (Lipinski definition) is 1. The lowest BCUT2D eigenvalue weighted by Gasteiger charge is -2.13. The first kappa shape index (κ1) is 13.3. The quantitative estimate of drug-likeness (QED) is 0.919. The van der Waals surface area contributed by atoms with Crippen molar-refractivity contribution in [1.82, 2.24) is 9.78 Å². The number of nitrogens with zero attached hydrogens (tertiary/aromatic N) is 2. The second-order valence-corrected chi connectivity index (χ2v) is 4.55. The largest absolute Gasteiger partial charge is 0.481 e. The SMILES string of the molecule is Cc1cc(CC(C(=O)O)c2cccc(F)c2)n(C)n1. The van der Waals surface area contributed by atoms with Gasteiger partial charge < -0.3 is 5.11 Å². The molecule has 0 aliphatic rings. The summed E-state index contributed by atoms with van der Waals surface area (Å²) in [6, 6.07) is 7.56. The summed E-state index contributed by atoms with van der Waals surface area (Å²) in [7, 11) is 1.77. The maximum atomic E-state index is 13.2. The van der Waals surface area contributed by atoms with E-state index in [-0.39, 0.29) is 6.42 Å². The average Bonchev–Trinajstić information content (AvgIpc) is 2.64. The summed E-state index contributed by atoms with van der Waals surface area (Å²) >= 11 is 0. The summed E-state index contributed by atoms with van der Waals surface area (Å²) in [5.74, 6) is -2.17. The van der Waals surface area contributed by atoms with E-state index in [1.807, 2.05) is 13.0 Å². The van der Waals surface area contributed by atoms with E-state index in [2.05, 4.69) is 5.10 Å². The van der Waals surface area contributed by atoms with Crippen molar-refractivity contribution in [2.75, 3.05) is 0 Å². The molecular weight excluding hydrogens is 247 g/mol. The fourth-order valence-corrected chi connectivity index (χ4v) is 2.14. The van der Waals surface area contributed by atoms with Gasteiger partial charge in [-0.15, -0.1) is 0 Å². The predicted molar refractivity (Wildman–Crippen MR) is 68.4 cm³/mol. The molecule has 1 aromatic carbocycles. The molecule has 1 atom stereocenters. The van der Waals surface area contributed by atoms with Gasteiger partial charge in [0, 0.05) is 19.2 Å². The van der Waals surface area contributed by atoms with Crippen LogP contribution in [-0.4, -0.2) is 20.9 Å². The minimum atomic E-state index is -0.968. The molecular formula is C14H15FN2O2. The lowest BCUT2D eigenvalue weighted by molar-refractivity contribution is -0.138. The van der Waals surface area contributed by atoms with E-state index in [4.69, 9.17) is 0 Å². The van der Waals surface area contributed by atoms with E-state index in [1.54, 1.807) is 17.8 Å². The Hall–Kier alpha value is -2.17. The highest BCUT2D eigenvalue weighted by Crippen LogP contribution is 2.22. The van der Waals surface area contributed by atoms with Gasteiger partial charge >= 0.3 is 5.97 Å². The van der Waals surface area contributed by atoms with Gasteiger partial charge in [0.05, 0.1) is 11.6 Å². The van der Waals surface area contributed by atoms with E-state index in [1.165, 1.54) is 18.2 Å². The van der Waals surface area contributed by atoms with Crippen LogP contribution >= 0.6 is 0 Å². The van der Waals surface area contributed by atoms with Crippen LogP contribution in [0, 0.1) is 12.7 Å². The smallest absolute Gasteiger partial charge is 0.311 e. The van der Waals surface area contributed by atoms with Gasteiger partial charge in [-0.3, -0.25) is 9.48 Å². The lowest BCUT2D eigenvalue weighted by Crippen LogP contribution is -2.16. The number of carboxylic acid groups (broad SMARTS) is 1. The highest BCUT2D eigenvalue weighted by Gasteiger charge is 2.22. The van der Waals surface area contributed by atoms with Crippen molar-refractivity contribution in [2.24, 2.45) is 7.05 Å². The van der Waals surface area contributed by atoms with Gasteiger partial charge in [-0.2, -0.15) is 5.10 Å². The Labute approximate surface area is 110 Å². The second kappa shape index (κ2) is 5.22. The van der Waals surface area contributed by atoms with Gasteiger partial charge in [0.1, 0.15) is 5.82 Å². The molecule has 100 valence electrons. The van der Waals surface area contributed by atoms with Crippen molar-refractivity contribution in [3.05, 3.63) is 53.1 Å². The van der Waals surface area contributed by atoms with Crippen molar-refractivity contribution >= 4 is 5.97 Å². The number of aromatic nitrogens is 2. The van der Waals surface area contributed by atoms with Crippen LogP contribution in [-0.2, 0) is 18.3 Å². The van der Waals surface area contributed by atoms with Gasteiger partial charge in [0.15, 0.2) is 0 Å². The predicted octanol–water partition coefficient (Wildman–Crippen LogP) is 2.28. The first-order valence-electron chi connectivity index (χ1n) is 5.95. The Kier molecular flexibility index (Phi) is 3.64. The number of aryl methyl sites for hydroxylation is 2. The molecule has 4 nitrogen and oxygen atoms in total. The summed E-state index contributed by atoms with van der Waals surface area (Å²) in [6.45, 7) is 1.85. The fraction of sp³-hybridized carbons (Fsp3) is 0.286. The maximum absolute atomic E-state index is 13.2. The number of halogens is 1. The van der Waals surface area contributed by atoms with E-state index in [9.17, 15) is 14.3 Å². The number of aliphatic carboxylic acids is 1. The molecule has 0 spiro atoms. The van der Waals surface area contributed by atoms with E-state index in [0.717, 1.165) is 11.4 Å². The van der Waals surface area contributed by atoms with Crippen molar-refractivity contribution in [2.45, 2.75) is 19.3 Å². The third kappa shape index (κ3) is 2.99. The topological polar surface area (TPSA) is 55.1 Å². The van der Waals surface area contributed by atoms with Crippen molar-refractivity contribution < 1.29 is 14.3 Å². The molecule has 0 fully saturated rings. The number of carbonyl (C=O) groups is 1. The zero-order chi connectivity index (χ0) is 14.0. The number of benzene rings is 1. The maximum Gasteiger partial charge on any atom is 0.311 e. The first-order chi connectivity index (χ1) is 8.97. The second-order valence-electron chi connectivity index (χ2n) is 4.55. The molecule has 0 saturated heterocycles. The summed E-state index contributed by atoms with van der Waals surface area (Å²) in [5.41, 5.74) is 2.11. The molecule has 1 heterocycles. The molecule has 2 aromatic rings. The van der Waals surface area contributed by atoms with Crippen LogP contribution in [0.1, 0.15) is 22.9 Å². The normalized spacial score (nSPS) is 12.4. The third-order valence-corrected chi connectivity index (χ3v) is 3.06. The average molecular weight is 262 g/mol. The molecule has 1 aromatic heterocycles. The summed E-state index contributed by atoms with van der Waals surface area (Å²) in [4.78, 5) is 11.4. The monoisotopic (exact) mass is 262 g/mol. The minimum Gasteiger partial charge on any atom is -0.481 e. The third-order valence-electron chi connectivity index (χ3n) is 3.06. The Morgan fingerprint density at radius 2 is 2.21 bits per heavy atom. The lowest BCUT2D eigenvalue weighted by atomic mass is 9.94. The Bertz CT molecular complexity index is 607. The van der Waals surface area contributed by atoms with Crippen molar-refractivity contribution in [1.29, 1.82) is 0 Å². The molecule has 19 heavy (non-hydrogen) atoms. The van der Waals surface area contributed by atoms with Gasteiger partial charge in [-0.05, 0) is 30.7 Å². The Morgan fingerprint density at radius 3 is 2.74 bits per heavy atom. The van der Waals surface area contributed by atoms with Crippen LogP contribution in [0.25, 0.3) is 0 Å². The van der Waals surface area contributed by atoms with Crippen molar-refractivity contribution in [3.8, 4) is 0 Å². The number of carboxylic acids is 1. The molecule has 0 amide bonds. The molecule has 0 aliphatic carbocycles. The summed E-state index contributed by atoms with van der Waals surface area (Å²) in [5, 5.41) is 13.5. The first-order valence-corrected chi connectivity index (χ1v) is 5.95. The number of hydrogen-bond acceptors (Lipinski definition) is 2. The molecule has 2 rings (SSSR count). The zero-order valence-electron chi connectivity index (χ0n) is 10.8. The molecule has 0 radical (unpaired) electrons. The standard InChI is InChI=1S/C14H15FN2O2/c1-9-6-12(17(2)16-9)8-13(14(18)19)10-4-3-5-11(15)7-10/h3-7,13H,8H2,1-2H3,(H,18,19). The van der Waals surface area contributed by atoms with Crippen LogP contribution in [0.3, 0.4) is 0 Å². The van der Waals surface area contributed by atoms with Crippen LogP contribution in [0.5, 0.6) is 0 Å². The molecule has 0 aliphatic heterocycles. The van der Waals surface area contributed by atoms with Crippen LogP contribution < -0.4 is 0 Å². The van der Waals surface area contributed by atoms with Gasteiger partial charge in [0.2, 0.25) is 0 Å². The van der Waals surface area contributed by atoms with Gasteiger partial charge in [-0.1, -0.05) is 12.1 Å². The molecule has 1 unspecified atom stereocenters. The Balaban J connectivity index is 2.31. The Morgan fingerprint density at radius 1 is 1.47 bits per heavy atom. The summed E-state index contributed by atoms with van der Waals surface area (Å²) in [6.07, 6.45) is 0.288. The highest BCUT2D eigenvalue weighted by atomic mass is 19.1. The fourth-order valence-electron chi connectivity index (χ4n) is 2.14. The van der Waals surface area contributed by atoms with Crippen LogP contribution in [0.4, 0.5) is 4.39 Å². The molecule has 1 N–H and O–H groups in total. The van der Waals surface area contributed by atoms with E-state index < -0.39 is 17.7 Å². The molecule has 0 bridgehead atoms. The number of rotatable bonds is 4.